The van der Waals surface area contributed by atoms with E-state index < -0.39 is 0 Å². The van der Waals surface area contributed by atoms with Gasteiger partial charge in [0.15, 0.2) is 0 Å². The second-order valence-electron chi connectivity index (χ2n) is 7.79. The minimum absolute atomic E-state index is 0.0942. The predicted octanol–water partition coefficient (Wildman–Crippen LogP) is 4.50. The highest BCUT2D eigenvalue weighted by atomic mass is 19.1. The number of carbonyl (C=O) groups is 1. The molecule has 0 radical (unpaired) electrons. The Hall–Kier alpha value is -3.52. The summed E-state index contributed by atoms with van der Waals surface area (Å²) >= 11 is 0. The van der Waals surface area contributed by atoms with Crippen LogP contribution in [0.1, 0.15) is 18.7 Å². The van der Waals surface area contributed by atoms with Gasteiger partial charge in [-0.2, -0.15) is 0 Å². The molecule has 174 valence electrons. The van der Waals surface area contributed by atoms with Crippen LogP contribution in [-0.2, 0) is 0 Å². The number of urea groups is 1. The van der Waals surface area contributed by atoms with Gasteiger partial charge in [-0.3, -0.25) is 4.90 Å². The van der Waals surface area contributed by atoms with E-state index in [0.717, 1.165) is 37.6 Å². The zero-order chi connectivity index (χ0) is 23.0. The van der Waals surface area contributed by atoms with Crippen LogP contribution in [0.5, 0.6) is 5.75 Å². The van der Waals surface area contributed by atoms with Crippen LogP contribution in [0.4, 0.5) is 20.6 Å². The Bertz CT molecular complexity index is 1020. The summed E-state index contributed by atoms with van der Waals surface area (Å²) in [4.78, 5) is 17.2. The molecular weight excluding hydrogens is 423 g/mol. The number of hydrogen-bond acceptors (Lipinski definition) is 5. The average Bonchev–Trinajstić information content (AvgIpc) is 3.36. The van der Waals surface area contributed by atoms with Crippen LogP contribution in [-0.4, -0.2) is 50.3 Å². The normalized spacial score (nSPS) is 15.2. The van der Waals surface area contributed by atoms with Gasteiger partial charge < -0.3 is 24.7 Å². The lowest BCUT2D eigenvalue weighted by atomic mass is 10.1. The summed E-state index contributed by atoms with van der Waals surface area (Å²) < 4.78 is 24.5. The molecule has 2 heterocycles. The highest BCUT2D eigenvalue weighted by Crippen LogP contribution is 2.26. The molecule has 8 heteroatoms. The van der Waals surface area contributed by atoms with Gasteiger partial charge in [-0.1, -0.05) is 12.1 Å². The van der Waals surface area contributed by atoms with Crippen LogP contribution in [0.2, 0.25) is 0 Å². The van der Waals surface area contributed by atoms with Crippen molar-refractivity contribution < 1.29 is 18.3 Å². The zero-order valence-corrected chi connectivity index (χ0v) is 18.7. The van der Waals surface area contributed by atoms with Crippen LogP contribution in [0, 0.1) is 5.82 Å². The maximum Gasteiger partial charge on any atom is 0.319 e. The Morgan fingerprint density at radius 2 is 1.82 bits per heavy atom. The summed E-state index contributed by atoms with van der Waals surface area (Å²) in [6, 6.07) is 17.3. The van der Waals surface area contributed by atoms with E-state index in [2.05, 4.69) is 20.4 Å². The molecule has 1 unspecified atom stereocenters. The van der Waals surface area contributed by atoms with Gasteiger partial charge in [0.2, 0.25) is 0 Å². The smallest absolute Gasteiger partial charge is 0.319 e. The average molecular weight is 453 g/mol. The molecule has 33 heavy (non-hydrogen) atoms. The number of carbonyl (C=O) groups excluding carboxylic acids is 1. The number of furan rings is 1. The van der Waals surface area contributed by atoms with Gasteiger partial charge in [-0.05, 0) is 55.5 Å². The number of benzene rings is 2. The van der Waals surface area contributed by atoms with E-state index in [1.165, 1.54) is 12.1 Å². The van der Waals surface area contributed by atoms with Crippen LogP contribution >= 0.6 is 0 Å². The third kappa shape index (κ3) is 5.84. The van der Waals surface area contributed by atoms with Crippen LogP contribution in [0.15, 0.2) is 71.3 Å². The SMILES string of the molecule is CCOc1ccccc1NC(=O)NCC(c1ccco1)N1CCN(c2ccc(F)cc2)CC1. The van der Waals surface area contributed by atoms with Crippen LogP contribution in [0.25, 0.3) is 0 Å². The molecule has 7 nitrogen and oxygen atoms in total. The standard InChI is InChI=1S/C25H29FN4O3/c1-2-32-23-7-4-3-6-21(23)28-25(31)27-18-22(24-8-5-17-33-24)30-15-13-29(14-16-30)20-11-9-19(26)10-12-20/h3-12,17,22H,2,13-16,18H2,1H3,(H2,27,28,31). The second-order valence-corrected chi connectivity index (χ2v) is 7.79. The molecule has 2 amide bonds. The molecule has 1 fully saturated rings. The number of nitrogens with one attached hydrogen (secondary N) is 2. The summed E-state index contributed by atoms with van der Waals surface area (Å²) in [5.41, 5.74) is 1.63. The van der Waals surface area contributed by atoms with E-state index in [4.69, 9.17) is 9.15 Å². The third-order valence-electron chi connectivity index (χ3n) is 5.71. The predicted molar refractivity (Wildman–Crippen MR) is 126 cm³/mol. The lowest BCUT2D eigenvalue weighted by Gasteiger charge is -2.39. The third-order valence-corrected chi connectivity index (χ3v) is 5.71. The first-order valence-electron chi connectivity index (χ1n) is 11.2. The summed E-state index contributed by atoms with van der Waals surface area (Å²) in [6.07, 6.45) is 1.65. The summed E-state index contributed by atoms with van der Waals surface area (Å²) in [7, 11) is 0. The molecule has 1 aromatic heterocycles. The molecule has 1 atom stereocenters. The molecule has 0 bridgehead atoms. The van der Waals surface area contributed by atoms with Crippen molar-refractivity contribution in [2.45, 2.75) is 13.0 Å². The number of ether oxygens (including phenoxy) is 1. The number of rotatable bonds is 8. The summed E-state index contributed by atoms with van der Waals surface area (Å²) in [6.45, 7) is 6.00. The first-order chi connectivity index (χ1) is 16.1. The number of amides is 2. The van der Waals surface area contributed by atoms with Crippen molar-refractivity contribution in [3.05, 3.63) is 78.5 Å². The maximum absolute atomic E-state index is 13.2. The largest absolute Gasteiger partial charge is 0.492 e. The molecule has 0 aliphatic carbocycles. The Labute approximate surface area is 193 Å². The Morgan fingerprint density at radius 1 is 1.06 bits per heavy atom. The van der Waals surface area contributed by atoms with Gasteiger partial charge in [-0.25, -0.2) is 9.18 Å². The van der Waals surface area contributed by atoms with Crippen molar-refractivity contribution in [3.63, 3.8) is 0 Å². The van der Waals surface area contributed by atoms with Crippen LogP contribution < -0.4 is 20.3 Å². The van der Waals surface area contributed by atoms with Gasteiger partial charge in [0.25, 0.3) is 0 Å². The number of halogens is 1. The van der Waals surface area contributed by atoms with Crippen LogP contribution in [0.3, 0.4) is 0 Å². The molecule has 2 aromatic carbocycles. The highest BCUT2D eigenvalue weighted by Gasteiger charge is 2.27. The number of piperazine rings is 1. The molecule has 0 saturated carbocycles. The molecule has 1 aliphatic heterocycles. The second kappa shape index (κ2) is 10.9. The van der Waals surface area contributed by atoms with E-state index in [-0.39, 0.29) is 17.9 Å². The van der Waals surface area contributed by atoms with Crippen molar-refractivity contribution in [3.8, 4) is 5.75 Å². The summed E-state index contributed by atoms with van der Waals surface area (Å²) in [5, 5.41) is 5.84. The monoisotopic (exact) mass is 452 g/mol. The quantitative estimate of drug-likeness (QED) is 0.527. The lowest BCUT2D eigenvalue weighted by Crippen LogP contribution is -2.50. The van der Waals surface area contributed by atoms with Crippen molar-refractivity contribution in [1.82, 2.24) is 10.2 Å². The molecule has 2 N–H and O–H groups in total. The number of hydrogen-bond donors (Lipinski definition) is 2. The maximum atomic E-state index is 13.2. The molecule has 1 aliphatic rings. The highest BCUT2D eigenvalue weighted by molar-refractivity contribution is 5.90. The molecule has 4 rings (SSSR count). The fourth-order valence-electron chi connectivity index (χ4n) is 4.04. The Kier molecular flexibility index (Phi) is 7.47. The summed E-state index contributed by atoms with van der Waals surface area (Å²) in [5.74, 6) is 1.21. The number of para-hydroxylation sites is 2. The van der Waals surface area contributed by atoms with Gasteiger partial charge in [0.1, 0.15) is 17.3 Å². The first-order valence-corrected chi connectivity index (χ1v) is 11.2. The van der Waals surface area contributed by atoms with Crippen molar-refractivity contribution >= 4 is 17.4 Å². The lowest BCUT2D eigenvalue weighted by molar-refractivity contribution is 0.162. The minimum atomic E-state index is -0.302. The van der Waals surface area contributed by atoms with E-state index in [1.54, 1.807) is 18.4 Å². The van der Waals surface area contributed by atoms with E-state index in [0.29, 0.717) is 24.6 Å². The fourth-order valence-corrected chi connectivity index (χ4v) is 4.04. The molecule has 3 aromatic rings. The van der Waals surface area contributed by atoms with E-state index in [9.17, 15) is 9.18 Å². The molecule has 1 saturated heterocycles. The molecular formula is C25H29FN4O3. The van der Waals surface area contributed by atoms with Gasteiger partial charge in [-0.15, -0.1) is 0 Å². The zero-order valence-electron chi connectivity index (χ0n) is 18.7. The Balaban J connectivity index is 1.36. The van der Waals surface area contributed by atoms with Crippen molar-refractivity contribution in [1.29, 1.82) is 0 Å². The van der Waals surface area contributed by atoms with Crippen molar-refractivity contribution in [2.24, 2.45) is 0 Å². The van der Waals surface area contributed by atoms with Crippen molar-refractivity contribution in [2.75, 3.05) is 49.5 Å². The van der Waals surface area contributed by atoms with E-state index in [1.807, 2.05) is 43.3 Å². The topological polar surface area (TPSA) is 70.0 Å². The first kappa shape index (κ1) is 22.7. The minimum Gasteiger partial charge on any atom is -0.492 e. The number of nitrogens with zero attached hydrogens (tertiary/aromatic N) is 2. The fraction of sp³-hybridized carbons (Fsp3) is 0.320. The Morgan fingerprint density at radius 3 is 2.52 bits per heavy atom. The van der Waals surface area contributed by atoms with Gasteiger partial charge >= 0.3 is 6.03 Å². The van der Waals surface area contributed by atoms with Gasteiger partial charge in [0, 0.05) is 38.4 Å². The van der Waals surface area contributed by atoms with E-state index >= 15 is 0 Å². The molecule has 0 spiro atoms. The van der Waals surface area contributed by atoms with Gasteiger partial charge in [0.05, 0.1) is 24.6 Å². The number of anilines is 2.